The highest BCUT2D eigenvalue weighted by Crippen LogP contribution is 2.17. The molecule has 1 aromatic heterocycles. The number of para-hydroxylation sites is 1. The lowest BCUT2D eigenvalue weighted by Gasteiger charge is -2.25. The first-order valence-corrected chi connectivity index (χ1v) is 8.38. The van der Waals surface area contributed by atoms with Crippen molar-refractivity contribution in [2.45, 2.75) is 19.4 Å². The Kier molecular flexibility index (Phi) is 6.36. The molecular weight excluding hydrogens is 316 g/mol. The average molecular weight is 342 g/mol. The van der Waals surface area contributed by atoms with Gasteiger partial charge in [0.1, 0.15) is 0 Å². The van der Waals surface area contributed by atoms with Gasteiger partial charge in [0.15, 0.2) is 0 Å². The predicted octanol–water partition coefficient (Wildman–Crippen LogP) is 1.95. The standard InChI is InChI=1S/C19H26N4O2/c1-5-14-9-6-7-10-15(14)21-19(25)18(24)20-13-17(22(2)3)16-11-8-12-23(16)4/h6-12,17H,5,13H2,1-4H3,(H,20,24)(H,21,25). The summed E-state index contributed by atoms with van der Waals surface area (Å²) in [4.78, 5) is 26.4. The van der Waals surface area contributed by atoms with Crippen LogP contribution in [0.2, 0.25) is 0 Å². The molecule has 134 valence electrons. The van der Waals surface area contributed by atoms with Gasteiger partial charge in [0.05, 0.1) is 6.04 Å². The Morgan fingerprint density at radius 2 is 1.84 bits per heavy atom. The molecule has 1 unspecified atom stereocenters. The van der Waals surface area contributed by atoms with Gasteiger partial charge in [-0.3, -0.25) is 14.5 Å². The van der Waals surface area contributed by atoms with Crippen LogP contribution in [0.25, 0.3) is 0 Å². The predicted molar refractivity (Wildman–Crippen MR) is 99.3 cm³/mol. The van der Waals surface area contributed by atoms with Gasteiger partial charge in [-0.1, -0.05) is 25.1 Å². The van der Waals surface area contributed by atoms with Crippen LogP contribution in [-0.4, -0.2) is 41.9 Å². The number of rotatable bonds is 6. The number of carbonyl (C=O) groups is 2. The van der Waals surface area contributed by atoms with Crippen molar-refractivity contribution in [3.63, 3.8) is 0 Å². The van der Waals surface area contributed by atoms with Crippen LogP contribution in [0.15, 0.2) is 42.6 Å². The summed E-state index contributed by atoms with van der Waals surface area (Å²) in [5.41, 5.74) is 2.75. The highest BCUT2D eigenvalue weighted by Gasteiger charge is 2.20. The Morgan fingerprint density at radius 3 is 2.44 bits per heavy atom. The summed E-state index contributed by atoms with van der Waals surface area (Å²) in [6.45, 7) is 2.36. The van der Waals surface area contributed by atoms with E-state index in [1.807, 2.05) is 74.1 Å². The van der Waals surface area contributed by atoms with Crippen LogP contribution >= 0.6 is 0 Å². The summed E-state index contributed by atoms with van der Waals surface area (Å²) >= 11 is 0. The molecule has 1 atom stereocenters. The van der Waals surface area contributed by atoms with E-state index in [2.05, 4.69) is 10.6 Å². The van der Waals surface area contributed by atoms with Crippen molar-refractivity contribution in [2.24, 2.45) is 7.05 Å². The van der Waals surface area contributed by atoms with Gasteiger partial charge in [-0.25, -0.2) is 0 Å². The van der Waals surface area contributed by atoms with Gasteiger partial charge in [0, 0.05) is 31.2 Å². The second-order valence-electron chi connectivity index (χ2n) is 6.20. The number of hydrogen-bond donors (Lipinski definition) is 2. The van der Waals surface area contributed by atoms with Crippen LogP contribution in [0, 0.1) is 0 Å². The Balaban J connectivity index is 1.98. The van der Waals surface area contributed by atoms with Crippen molar-refractivity contribution in [1.82, 2.24) is 14.8 Å². The summed E-state index contributed by atoms with van der Waals surface area (Å²) in [5, 5.41) is 5.42. The number of hydrogen-bond acceptors (Lipinski definition) is 3. The van der Waals surface area contributed by atoms with Crippen LogP contribution in [0.5, 0.6) is 0 Å². The molecular formula is C19H26N4O2. The molecule has 6 nitrogen and oxygen atoms in total. The SMILES string of the molecule is CCc1ccccc1NC(=O)C(=O)NCC(c1cccn1C)N(C)C. The molecule has 0 spiro atoms. The lowest BCUT2D eigenvalue weighted by molar-refractivity contribution is -0.136. The molecule has 2 aromatic rings. The molecule has 0 fully saturated rings. The van der Waals surface area contributed by atoms with Gasteiger partial charge in [0.25, 0.3) is 0 Å². The molecule has 6 heteroatoms. The van der Waals surface area contributed by atoms with Crippen molar-refractivity contribution in [3.8, 4) is 0 Å². The van der Waals surface area contributed by atoms with Crippen molar-refractivity contribution >= 4 is 17.5 Å². The lowest BCUT2D eigenvalue weighted by atomic mass is 10.1. The molecule has 2 rings (SSSR count). The van der Waals surface area contributed by atoms with Crippen molar-refractivity contribution in [1.29, 1.82) is 0 Å². The molecule has 0 aliphatic heterocycles. The zero-order chi connectivity index (χ0) is 18.4. The van der Waals surface area contributed by atoms with Gasteiger partial charge in [-0.05, 0) is 44.3 Å². The molecule has 2 N–H and O–H groups in total. The summed E-state index contributed by atoms with van der Waals surface area (Å²) in [6, 6.07) is 11.4. The Labute approximate surface area is 148 Å². The highest BCUT2D eigenvalue weighted by molar-refractivity contribution is 6.39. The summed E-state index contributed by atoms with van der Waals surface area (Å²) < 4.78 is 2.01. The molecule has 1 aromatic carbocycles. The molecule has 0 aliphatic rings. The van der Waals surface area contributed by atoms with E-state index in [0.717, 1.165) is 17.7 Å². The fraction of sp³-hybridized carbons (Fsp3) is 0.368. The van der Waals surface area contributed by atoms with Crippen molar-refractivity contribution in [3.05, 3.63) is 53.9 Å². The number of aromatic nitrogens is 1. The van der Waals surface area contributed by atoms with Crippen molar-refractivity contribution in [2.75, 3.05) is 26.0 Å². The first-order valence-electron chi connectivity index (χ1n) is 8.38. The first-order chi connectivity index (χ1) is 11.9. The number of aryl methyl sites for hydroxylation is 2. The van der Waals surface area contributed by atoms with Gasteiger partial charge in [-0.2, -0.15) is 0 Å². The van der Waals surface area contributed by atoms with Crippen LogP contribution in [-0.2, 0) is 23.1 Å². The molecule has 0 radical (unpaired) electrons. The smallest absolute Gasteiger partial charge is 0.313 e. The second kappa shape index (κ2) is 8.48. The van der Waals surface area contributed by atoms with E-state index in [1.165, 1.54) is 0 Å². The number of nitrogens with one attached hydrogen (secondary N) is 2. The maximum absolute atomic E-state index is 12.2. The summed E-state index contributed by atoms with van der Waals surface area (Å²) in [6.07, 6.45) is 2.75. The van der Waals surface area contributed by atoms with E-state index in [9.17, 15) is 9.59 Å². The largest absolute Gasteiger partial charge is 0.353 e. The number of likely N-dealkylation sites (N-methyl/N-ethyl adjacent to an activating group) is 1. The quantitative estimate of drug-likeness (QED) is 0.789. The molecule has 0 aliphatic carbocycles. The zero-order valence-corrected chi connectivity index (χ0v) is 15.2. The third-order valence-corrected chi connectivity index (χ3v) is 4.26. The first kappa shape index (κ1) is 18.7. The number of anilines is 1. The highest BCUT2D eigenvalue weighted by atomic mass is 16.2. The molecule has 0 bridgehead atoms. The van der Waals surface area contributed by atoms with Gasteiger partial charge in [-0.15, -0.1) is 0 Å². The topological polar surface area (TPSA) is 66.4 Å². The number of amides is 2. The van der Waals surface area contributed by atoms with E-state index in [4.69, 9.17) is 0 Å². The van der Waals surface area contributed by atoms with Gasteiger partial charge in [0.2, 0.25) is 0 Å². The number of benzene rings is 1. The Hall–Kier alpha value is -2.60. The minimum absolute atomic E-state index is 0.0142. The van der Waals surface area contributed by atoms with Crippen LogP contribution in [0.3, 0.4) is 0 Å². The van der Waals surface area contributed by atoms with E-state index in [1.54, 1.807) is 6.07 Å². The zero-order valence-electron chi connectivity index (χ0n) is 15.2. The fourth-order valence-corrected chi connectivity index (χ4v) is 2.77. The Bertz CT molecular complexity index is 737. The molecule has 0 saturated carbocycles. The second-order valence-corrected chi connectivity index (χ2v) is 6.20. The normalized spacial score (nSPS) is 12.0. The van der Waals surface area contributed by atoms with E-state index < -0.39 is 11.8 Å². The lowest BCUT2D eigenvalue weighted by Crippen LogP contribution is -2.40. The number of nitrogens with zero attached hydrogens (tertiary/aromatic N) is 2. The molecule has 25 heavy (non-hydrogen) atoms. The van der Waals surface area contributed by atoms with Gasteiger partial charge >= 0.3 is 11.8 Å². The monoisotopic (exact) mass is 342 g/mol. The number of carbonyl (C=O) groups excluding carboxylic acids is 2. The minimum atomic E-state index is -0.648. The third-order valence-electron chi connectivity index (χ3n) is 4.26. The summed E-state index contributed by atoms with van der Waals surface area (Å²) in [7, 11) is 5.85. The molecule has 1 heterocycles. The van der Waals surface area contributed by atoms with Crippen LogP contribution in [0.1, 0.15) is 24.2 Å². The fourth-order valence-electron chi connectivity index (χ4n) is 2.77. The minimum Gasteiger partial charge on any atom is -0.353 e. The van der Waals surface area contributed by atoms with E-state index in [-0.39, 0.29) is 6.04 Å². The maximum atomic E-state index is 12.2. The molecule has 0 saturated heterocycles. The van der Waals surface area contributed by atoms with E-state index >= 15 is 0 Å². The Morgan fingerprint density at radius 1 is 1.12 bits per heavy atom. The molecule has 2 amide bonds. The maximum Gasteiger partial charge on any atom is 0.313 e. The van der Waals surface area contributed by atoms with Gasteiger partial charge < -0.3 is 15.2 Å². The van der Waals surface area contributed by atoms with Crippen molar-refractivity contribution < 1.29 is 9.59 Å². The average Bonchev–Trinajstić information content (AvgIpc) is 3.01. The van der Waals surface area contributed by atoms with Crippen LogP contribution < -0.4 is 10.6 Å². The third kappa shape index (κ3) is 4.70. The summed E-state index contributed by atoms with van der Waals surface area (Å²) in [5.74, 6) is -1.28. The van der Waals surface area contributed by atoms with E-state index in [0.29, 0.717) is 12.2 Å². The van der Waals surface area contributed by atoms with Crippen LogP contribution in [0.4, 0.5) is 5.69 Å².